The second-order valence-electron chi connectivity index (χ2n) is 9.76. The van der Waals surface area contributed by atoms with E-state index in [0.29, 0.717) is 0 Å². The lowest BCUT2D eigenvalue weighted by Crippen LogP contribution is -2.37. The highest BCUT2D eigenvalue weighted by Gasteiger charge is 2.33. The summed E-state index contributed by atoms with van der Waals surface area (Å²) in [5.74, 6) is 0.123. The average Bonchev–Trinajstić information content (AvgIpc) is 3.29. The molecule has 6 heteroatoms. The van der Waals surface area contributed by atoms with Gasteiger partial charge in [-0.05, 0) is 62.9 Å². The highest BCUT2D eigenvalue weighted by Crippen LogP contribution is 2.42. The van der Waals surface area contributed by atoms with E-state index in [1.807, 2.05) is 39.5 Å². The van der Waals surface area contributed by atoms with Crippen LogP contribution in [0.5, 0.6) is 0 Å². The van der Waals surface area contributed by atoms with Crippen LogP contribution in [0.4, 0.5) is 0 Å². The third kappa shape index (κ3) is 4.64. The first-order valence-electron chi connectivity index (χ1n) is 12.0. The molecule has 2 aliphatic rings. The van der Waals surface area contributed by atoms with Crippen molar-refractivity contribution in [1.82, 2.24) is 20.0 Å². The Kier molecular flexibility index (Phi) is 6.02. The molecule has 1 aromatic heterocycles. The molecule has 5 rings (SSSR count). The van der Waals surface area contributed by atoms with Crippen molar-refractivity contribution in [2.45, 2.75) is 52.0 Å². The van der Waals surface area contributed by atoms with Gasteiger partial charge in [0.05, 0.1) is 16.3 Å². The lowest BCUT2D eigenvalue weighted by molar-refractivity contribution is -0.131. The fraction of sp³-hybridized carbons (Fsp3) is 0.357. The Bertz CT molecular complexity index is 1240. The number of thioether (sulfide) groups is 1. The van der Waals surface area contributed by atoms with E-state index in [9.17, 15) is 4.79 Å². The molecule has 2 aliphatic heterocycles. The summed E-state index contributed by atoms with van der Waals surface area (Å²) in [6.07, 6.45) is 1.80. The van der Waals surface area contributed by atoms with E-state index in [-0.39, 0.29) is 17.3 Å². The number of hydrogen-bond donors (Lipinski definition) is 1. The van der Waals surface area contributed by atoms with Gasteiger partial charge >= 0.3 is 0 Å². The van der Waals surface area contributed by atoms with Crippen molar-refractivity contribution < 1.29 is 4.79 Å². The van der Waals surface area contributed by atoms with Gasteiger partial charge in [0.25, 0.3) is 0 Å². The number of aryl methyl sites for hydroxylation is 2. The maximum Gasteiger partial charge on any atom is 0.244 e. The van der Waals surface area contributed by atoms with Crippen LogP contribution in [0.25, 0.3) is 22.5 Å². The van der Waals surface area contributed by atoms with Crippen molar-refractivity contribution >= 4 is 17.7 Å². The van der Waals surface area contributed by atoms with E-state index >= 15 is 0 Å². The molecule has 5 nitrogen and oxygen atoms in total. The van der Waals surface area contributed by atoms with Crippen LogP contribution in [-0.4, -0.2) is 38.5 Å². The summed E-state index contributed by atoms with van der Waals surface area (Å²) >= 11 is 1.90. The maximum atomic E-state index is 13.4. The predicted molar refractivity (Wildman–Crippen MR) is 140 cm³/mol. The normalized spacial score (nSPS) is 17.4. The minimum Gasteiger partial charge on any atom is -0.374 e. The molecule has 34 heavy (non-hydrogen) atoms. The minimum atomic E-state index is 0.0568. The van der Waals surface area contributed by atoms with Crippen molar-refractivity contribution in [3.05, 3.63) is 76.3 Å². The van der Waals surface area contributed by atoms with Gasteiger partial charge in [0.2, 0.25) is 5.91 Å². The molecule has 0 saturated heterocycles. The predicted octanol–water partition coefficient (Wildman–Crippen LogP) is 5.74. The highest BCUT2D eigenvalue weighted by molar-refractivity contribution is 8.04. The second-order valence-corrected chi connectivity index (χ2v) is 11.5. The van der Waals surface area contributed by atoms with Crippen molar-refractivity contribution in [3.63, 3.8) is 0 Å². The van der Waals surface area contributed by atoms with Crippen LogP contribution in [0.3, 0.4) is 0 Å². The van der Waals surface area contributed by atoms with Crippen LogP contribution in [0, 0.1) is 13.8 Å². The van der Waals surface area contributed by atoms with Crippen LogP contribution in [-0.2, 0) is 11.3 Å². The van der Waals surface area contributed by atoms with Crippen molar-refractivity contribution in [1.29, 1.82) is 0 Å². The van der Waals surface area contributed by atoms with Crippen molar-refractivity contribution in [2.75, 3.05) is 13.1 Å². The molecule has 3 heterocycles. The number of nitrogens with zero attached hydrogens (tertiary/aromatic N) is 3. The van der Waals surface area contributed by atoms with Crippen LogP contribution in [0.2, 0.25) is 0 Å². The standard InChI is InChI=1S/C28H32N4OS/c1-19-10-11-22(16-20(19)2)24-17-25(21-8-6-5-7-9-21)32(30-24)18-27(33)31-14-12-23-26(13-15-31)34-28(3,4)29-23/h5-11,16-17,29H,12-15,18H2,1-4H3. The SMILES string of the molecule is Cc1ccc(-c2cc(-c3ccccc3)n(CC(=O)N3CCC4=C(CC3)SC(C)(C)N4)n2)cc1C. The van der Waals surface area contributed by atoms with Crippen LogP contribution in [0.1, 0.15) is 37.8 Å². The zero-order valence-corrected chi connectivity index (χ0v) is 21.2. The molecule has 0 saturated carbocycles. The maximum absolute atomic E-state index is 13.4. The highest BCUT2D eigenvalue weighted by atomic mass is 32.2. The number of rotatable bonds is 4. The number of aromatic nitrogens is 2. The molecule has 0 unspecified atom stereocenters. The largest absolute Gasteiger partial charge is 0.374 e. The Morgan fingerprint density at radius 3 is 2.53 bits per heavy atom. The number of nitrogens with one attached hydrogen (secondary N) is 1. The Hall–Kier alpha value is -2.99. The zero-order chi connectivity index (χ0) is 23.9. The topological polar surface area (TPSA) is 50.2 Å². The van der Waals surface area contributed by atoms with Gasteiger partial charge in [-0.1, -0.05) is 42.5 Å². The van der Waals surface area contributed by atoms with E-state index in [4.69, 9.17) is 5.10 Å². The molecule has 3 aromatic rings. The van der Waals surface area contributed by atoms with Gasteiger partial charge in [0.1, 0.15) is 6.54 Å². The summed E-state index contributed by atoms with van der Waals surface area (Å²) in [6.45, 7) is 10.4. The third-order valence-corrected chi connectivity index (χ3v) is 8.01. The van der Waals surface area contributed by atoms with Crippen LogP contribution >= 0.6 is 11.8 Å². The average molecular weight is 473 g/mol. The molecule has 0 bridgehead atoms. The van der Waals surface area contributed by atoms with Gasteiger partial charge in [0, 0.05) is 35.7 Å². The Balaban J connectivity index is 1.39. The van der Waals surface area contributed by atoms with E-state index in [1.165, 1.54) is 21.7 Å². The number of carbonyl (C=O) groups excluding carboxylic acids is 1. The monoisotopic (exact) mass is 472 g/mol. The molecular formula is C28H32N4OS. The van der Waals surface area contributed by atoms with E-state index < -0.39 is 0 Å². The smallest absolute Gasteiger partial charge is 0.244 e. The number of carbonyl (C=O) groups is 1. The molecule has 0 radical (unpaired) electrons. The van der Waals surface area contributed by atoms with E-state index in [2.05, 4.69) is 69.4 Å². The molecule has 0 fully saturated rings. The molecule has 2 aromatic carbocycles. The lowest BCUT2D eigenvalue weighted by atomic mass is 10.0. The van der Waals surface area contributed by atoms with Crippen LogP contribution in [0.15, 0.2) is 65.2 Å². The Morgan fingerprint density at radius 2 is 1.76 bits per heavy atom. The summed E-state index contributed by atoms with van der Waals surface area (Å²) in [4.78, 5) is 16.9. The zero-order valence-electron chi connectivity index (χ0n) is 20.4. The van der Waals surface area contributed by atoms with Crippen molar-refractivity contribution in [2.24, 2.45) is 0 Å². The summed E-state index contributed by atoms with van der Waals surface area (Å²) in [5, 5.41) is 8.53. The first kappa shape index (κ1) is 22.8. The number of amides is 1. The second kappa shape index (κ2) is 8.99. The molecule has 0 spiro atoms. The quantitative estimate of drug-likeness (QED) is 0.526. The van der Waals surface area contributed by atoms with Crippen LogP contribution < -0.4 is 5.32 Å². The molecule has 1 N–H and O–H groups in total. The summed E-state index contributed by atoms with van der Waals surface area (Å²) in [7, 11) is 0. The Labute approximate surface area is 206 Å². The fourth-order valence-corrected chi connectivity index (χ4v) is 5.98. The van der Waals surface area contributed by atoms with E-state index in [0.717, 1.165) is 48.4 Å². The van der Waals surface area contributed by atoms with Gasteiger partial charge in [-0.15, -0.1) is 11.8 Å². The van der Waals surface area contributed by atoms with Gasteiger partial charge in [-0.3, -0.25) is 9.48 Å². The third-order valence-electron chi connectivity index (χ3n) is 6.70. The lowest BCUT2D eigenvalue weighted by Gasteiger charge is -2.24. The van der Waals surface area contributed by atoms with E-state index in [1.54, 1.807) is 0 Å². The summed E-state index contributed by atoms with van der Waals surface area (Å²) in [6, 6.07) is 18.7. The summed E-state index contributed by atoms with van der Waals surface area (Å²) < 4.78 is 1.88. The van der Waals surface area contributed by atoms with Gasteiger partial charge in [-0.2, -0.15) is 5.10 Å². The fourth-order valence-electron chi connectivity index (χ4n) is 4.73. The molecule has 176 valence electrons. The van der Waals surface area contributed by atoms with Gasteiger partial charge < -0.3 is 10.2 Å². The summed E-state index contributed by atoms with van der Waals surface area (Å²) in [5.41, 5.74) is 7.82. The van der Waals surface area contributed by atoms with Gasteiger partial charge in [-0.25, -0.2) is 0 Å². The van der Waals surface area contributed by atoms with Gasteiger partial charge in [0.15, 0.2) is 0 Å². The molecule has 0 aliphatic carbocycles. The van der Waals surface area contributed by atoms with Crippen molar-refractivity contribution in [3.8, 4) is 22.5 Å². The minimum absolute atomic E-state index is 0.0568. The molecule has 0 atom stereocenters. The number of hydrogen-bond acceptors (Lipinski definition) is 4. The first-order valence-corrected chi connectivity index (χ1v) is 12.8. The first-order chi connectivity index (χ1) is 16.3. The molecule has 1 amide bonds. The molecular weight excluding hydrogens is 440 g/mol. The Morgan fingerprint density at radius 1 is 1.00 bits per heavy atom. The number of benzene rings is 2.